The van der Waals surface area contributed by atoms with Crippen molar-refractivity contribution in [3.63, 3.8) is 0 Å². The number of anilines is 1. The fourth-order valence-electron chi connectivity index (χ4n) is 3.55. The molecule has 0 unspecified atom stereocenters. The van der Waals surface area contributed by atoms with Crippen molar-refractivity contribution in [2.45, 2.75) is 6.61 Å². The third kappa shape index (κ3) is 4.71. The van der Waals surface area contributed by atoms with E-state index in [9.17, 15) is 9.59 Å². The second-order valence-electron chi connectivity index (χ2n) is 7.20. The number of benzene rings is 2. The van der Waals surface area contributed by atoms with E-state index in [-0.39, 0.29) is 29.5 Å². The molecule has 2 aromatic carbocycles. The van der Waals surface area contributed by atoms with E-state index in [1.165, 1.54) is 12.3 Å². The summed E-state index contributed by atoms with van der Waals surface area (Å²) in [7, 11) is 1.65. The molecule has 0 N–H and O–H groups in total. The number of ether oxygens (including phenoxy) is 2. The number of rotatable bonds is 6. The van der Waals surface area contributed by atoms with Crippen LogP contribution in [0.4, 0.5) is 5.69 Å². The maximum absolute atomic E-state index is 12.8. The van der Waals surface area contributed by atoms with Crippen LogP contribution in [0.1, 0.15) is 16.1 Å². The molecule has 7 nitrogen and oxygen atoms in total. The smallest absolute Gasteiger partial charge is 0.289 e. The normalized spacial score (nSPS) is 13.7. The Kier molecular flexibility index (Phi) is 6.21. The lowest BCUT2D eigenvalue weighted by Crippen LogP contribution is -2.49. The molecule has 1 aliphatic heterocycles. The fraction of sp³-hybridized carbons (Fsp3) is 0.250. The highest BCUT2D eigenvalue weighted by atomic mass is 16.5. The largest absolute Gasteiger partial charge is 0.495 e. The standard InChI is InChI=1S/C24H24N2O5/c1-29-21-10-6-5-9-19(21)25-11-13-26(14-12-25)24(28)22-15-20(27)23(17-31-22)30-16-18-7-3-2-4-8-18/h2-10,15,17H,11-14,16H2,1H3. The third-order valence-corrected chi connectivity index (χ3v) is 5.24. The van der Waals surface area contributed by atoms with E-state index in [1.807, 2.05) is 54.6 Å². The highest BCUT2D eigenvalue weighted by Crippen LogP contribution is 2.28. The van der Waals surface area contributed by atoms with E-state index in [2.05, 4.69) is 4.90 Å². The zero-order valence-corrected chi connectivity index (χ0v) is 17.3. The summed E-state index contributed by atoms with van der Waals surface area (Å²) in [5, 5.41) is 0. The Morgan fingerprint density at radius 3 is 2.39 bits per heavy atom. The lowest BCUT2D eigenvalue weighted by atomic mass is 10.2. The predicted octanol–water partition coefficient (Wildman–Crippen LogP) is 3.19. The molecular formula is C24H24N2O5. The first kappa shape index (κ1) is 20.5. The van der Waals surface area contributed by atoms with E-state index in [4.69, 9.17) is 13.9 Å². The minimum absolute atomic E-state index is 0.0165. The SMILES string of the molecule is COc1ccccc1N1CCN(C(=O)c2cc(=O)c(OCc3ccccc3)co2)CC1. The minimum atomic E-state index is -0.377. The second-order valence-corrected chi connectivity index (χ2v) is 7.20. The molecule has 0 bridgehead atoms. The molecule has 160 valence electrons. The number of para-hydroxylation sites is 2. The zero-order chi connectivity index (χ0) is 21.6. The Balaban J connectivity index is 1.37. The van der Waals surface area contributed by atoms with Gasteiger partial charge in [-0.25, -0.2) is 0 Å². The van der Waals surface area contributed by atoms with Gasteiger partial charge in [0, 0.05) is 32.2 Å². The molecule has 1 aliphatic rings. The van der Waals surface area contributed by atoms with Gasteiger partial charge in [-0.15, -0.1) is 0 Å². The van der Waals surface area contributed by atoms with Crippen LogP contribution in [0.15, 0.2) is 76.1 Å². The van der Waals surface area contributed by atoms with Crippen molar-refractivity contribution in [3.05, 3.63) is 88.5 Å². The molecule has 7 heteroatoms. The topological polar surface area (TPSA) is 72.2 Å². The number of methoxy groups -OCH3 is 1. The Bertz CT molecular complexity index is 1090. The number of piperazine rings is 1. The quantitative estimate of drug-likeness (QED) is 0.610. The van der Waals surface area contributed by atoms with Gasteiger partial charge in [-0.1, -0.05) is 42.5 Å². The van der Waals surface area contributed by atoms with Gasteiger partial charge in [-0.3, -0.25) is 9.59 Å². The van der Waals surface area contributed by atoms with Gasteiger partial charge in [0.15, 0.2) is 5.76 Å². The predicted molar refractivity (Wildman–Crippen MR) is 117 cm³/mol. The molecule has 1 aromatic heterocycles. The maximum Gasteiger partial charge on any atom is 0.289 e. The van der Waals surface area contributed by atoms with Gasteiger partial charge in [0.25, 0.3) is 5.91 Å². The molecule has 4 rings (SSSR count). The first-order valence-corrected chi connectivity index (χ1v) is 10.1. The molecule has 31 heavy (non-hydrogen) atoms. The second kappa shape index (κ2) is 9.38. The van der Waals surface area contributed by atoms with Crippen LogP contribution in [0.5, 0.6) is 11.5 Å². The number of carbonyl (C=O) groups is 1. The van der Waals surface area contributed by atoms with Gasteiger partial charge in [-0.05, 0) is 17.7 Å². The zero-order valence-electron chi connectivity index (χ0n) is 17.3. The summed E-state index contributed by atoms with van der Waals surface area (Å²) in [6, 6.07) is 18.5. The molecule has 3 aromatic rings. The molecular weight excluding hydrogens is 396 g/mol. The average molecular weight is 420 g/mol. The number of hydrogen-bond acceptors (Lipinski definition) is 6. The fourth-order valence-corrected chi connectivity index (χ4v) is 3.55. The monoisotopic (exact) mass is 420 g/mol. The Labute approximate surface area is 180 Å². The van der Waals surface area contributed by atoms with Gasteiger partial charge in [0.1, 0.15) is 18.6 Å². The van der Waals surface area contributed by atoms with Crippen LogP contribution in [0, 0.1) is 0 Å². The van der Waals surface area contributed by atoms with Crippen molar-refractivity contribution in [2.75, 3.05) is 38.2 Å². The molecule has 2 heterocycles. The van der Waals surface area contributed by atoms with Gasteiger partial charge >= 0.3 is 0 Å². The van der Waals surface area contributed by atoms with Crippen LogP contribution < -0.4 is 19.8 Å². The minimum Gasteiger partial charge on any atom is -0.495 e. The highest BCUT2D eigenvalue weighted by molar-refractivity contribution is 5.91. The summed E-state index contributed by atoms with van der Waals surface area (Å²) in [5.74, 6) is 0.606. The van der Waals surface area contributed by atoms with Crippen LogP contribution in [-0.4, -0.2) is 44.1 Å². The van der Waals surface area contributed by atoms with Gasteiger partial charge < -0.3 is 23.7 Å². The van der Waals surface area contributed by atoms with Crippen LogP contribution in [0.2, 0.25) is 0 Å². The van der Waals surface area contributed by atoms with Crippen molar-refractivity contribution in [1.82, 2.24) is 4.90 Å². The van der Waals surface area contributed by atoms with Gasteiger partial charge in [-0.2, -0.15) is 0 Å². The van der Waals surface area contributed by atoms with Crippen LogP contribution in [0.25, 0.3) is 0 Å². The van der Waals surface area contributed by atoms with E-state index in [0.29, 0.717) is 26.2 Å². The van der Waals surface area contributed by atoms with Crippen molar-refractivity contribution in [3.8, 4) is 11.5 Å². The molecule has 0 saturated carbocycles. The van der Waals surface area contributed by atoms with E-state index in [0.717, 1.165) is 17.0 Å². The molecule has 0 radical (unpaired) electrons. The summed E-state index contributed by atoms with van der Waals surface area (Å²) in [5.41, 5.74) is 1.57. The summed E-state index contributed by atoms with van der Waals surface area (Å²) in [4.78, 5) is 29.1. The molecule has 1 amide bonds. The third-order valence-electron chi connectivity index (χ3n) is 5.24. The summed E-state index contributed by atoms with van der Waals surface area (Å²) in [6.07, 6.45) is 1.21. The Morgan fingerprint density at radius 2 is 1.68 bits per heavy atom. The lowest BCUT2D eigenvalue weighted by Gasteiger charge is -2.36. The van der Waals surface area contributed by atoms with Crippen LogP contribution in [0.3, 0.4) is 0 Å². The number of hydrogen-bond donors (Lipinski definition) is 0. The van der Waals surface area contributed by atoms with Gasteiger partial charge in [0.2, 0.25) is 11.2 Å². The number of amides is 1. The first-order valence-electron chi connectivity index (χ1n) is 10.1. The van der Waals surface area contributed by atoms with E-state index < -0.39 is 0 Å². The Hall–Kier alpha value is -3.74. The number of carbonyl (C=O) groups excluding carboxylic acids is 1. The first-order chi connectivity index (χ1) is 15.2. The average Bonchev–Trinajstić information content (AvgIpc) is 2.83. The van der Waals surface area contributed by atoms with E-state index in [1.54, 1.807) is 12.0 Å². The summed E-state index contributed by atoms with van der Waals surface area (Å²) < 4.78 is 16.4. The van der Waals surface area contributed by atoms with Crippen molar-refractivity contribution in [2.24, 2.45) is 0 Å². The van der Waals surface area contributed by atoms with E-state index >= 15 is 0 Å². The molecule has 0 aliphatic carbocycles. The summed E-state index contributed by atoms with van der Waals surface area (Å²) in [6.45, 7) is 2.62. The van der Waals surface area contributed by atoms with Crippen molar-refractivity contribution < 1.29 is 18.7 Å². The number of nitrogens with zero attached hydrogens (tertiary/aromatic N) is 2. The van der Waals surface area contributed by atoms with Crippen LogP contribution in [-0.2, 0) is 6.61 Å². The highest BCUT2D eigenvalue weighted by Gasteiger charge is 2.25. The van der Waals surface area contributed by atoms with Crippen molar-refractivity contribution >= 4 is 11.6 Å². The van der Waals surface area contributed by atoms with Crippen LogP contribution >= 0.6 is 0 Å². The molecule has 1 fully saturated rings. The van der Waals surface area contributed by atoms with Gasteiger partial charge in [0.05, 0.1) is 12.8 Å². The van der Waals surface area contributed by atoms with Crippen molar-refractivity contribution in [1.29, 1.82) is 0 Å². The maximum atomic E-state index is 12.8. The lowest BCUT2D eigenvalue weighted by molar-refractivity contribution is 0.0711. The molecule has 0 spiro atoms. The molecule has 0 atom stereocenters. The molecule has 1 saturated heterocycles. The Morgan fingerprint density at radius 1 is 0.968 bits per heavy atom. The summed E-state index contributed by atoms with van der Waals surface area (Å²) >= 11 is 0.